The van der Waals surface area contributed by atoms with Crippen molar-refractivity contribution >= 4 is 28.6 Å². The maximum absolute atomic E-state index is 13.5. The van der Waals surface area contributed by atoms with Crippen LogP contribution in [0.5, 0.6) is 0 Å². The molecule has 0 saturated carbocycles. The van der Waals surface area contributed by atoms with Gasteiger partial charge in [-0.2, -0.15) is 0 Å². The van der Waals surface area contributed by atoms with Crippen molar-refractivity contribution in [2.75, 3.05) is 10.6 Å². The van der Waals surface area contributed by atoms with E-state index in [-0.39, 0.29) is 11.6 Å². The molecule has 0 spiro atoms. The molecule has 0 aliphatic rings. The van der Waals surface area contributed by atoms with E-state index >= 15 is 0 Å². The van der Waals surface area contributed by atoms with Crippen molar-refractivity contribution in [1.29, 1.82) is 0 Å². The molecule has 5 heteroatoms. The minimum absolute atomic E-state index is 0.195. The van der Waals surface area contributed by atoms with E-state index < -0.39 is 5.82 Å². The number of carbonyl (C=O) groups excluding carboxylic acids is 1. The highest BCUT2D eigenvalue weighted by atomic mass is 32.1. The Morgan fingerprint density at radius 2 is 2.05 bits per heavy atom. The van der Waals surface area contributed by atoms with E-state index in [1.807, 2.05) is 0 Å². The average molecular weight is 292 g/mol. The number of rotatable bonds is 4. The largest absolute Gasteiger partial charge is 0.381 e. The minimum atomic E-state index is -0.437. The van der Waals surface area contributed by atoms with E-state index in [1.165, 1.54) is 28.3 Å². The number of anilines is 2. The lowest BCUT2D eigenvalue weighted by molar-refractivity contribution is -0.114. The lowest BCUT2D eigenvalue weighted by atomic mass is 10.2. The molecule has 0 fully saturated rings. The van der Waals surface area contributed by atoms with E-state index in [2.05, 4.69) is 30.5 Å². The number of carbonyl (C=O) groups is 1. The first kappa shape index (κ1) is 14.5. The molecule has 2 aromatic rings. The van der Waals surface area contributed by atoms with Gasteiger partial charge in [0.2, 0.25) is 5.91 Å². The summed E-state index contributed by atoms with van der Waals surface area (Å²) >= 11 is 1.76. The van der Waals surface area contributed by atoms with Crippen LogP contribution in [0.25, 0.3) is 0 Å². The van der Waals surface area contributed by atoms with Crippen molar-refractivity contribution < 1.29 is 9.18 Å². The van der Waals surface area contributed by atoms with Gasteiger partial charge in [-0.25, -0.2) is 4.39 Å². The molecule has 1 heterocycles. The first-order valence-corrected chi connectivity index (χ1v) is 7.14. The second kappa shape index (κ2) is 6.05. The van der Waals surface area contributed by atoms with Gasteiger partial charge in [-0.3, -0.25) is 4.79 Å². The summed E-state index contributed by atoms with van der Waals surface area (Å²) in [5.74, 6) is -0.723. The van der Waals surface area contributed by atoms with Crippen LogP contribution in [-0.2, 0) is 11.3 Å². The maximum Gasteiger partial charge on any atom is 0.221 e. The standard InChI is InChI=1S/C15H17FN2OS/c1-9-6-12(10(2)20-9)8-17-13-4-5-14(16)15(7-13)18-11(3)19/h4-7,17H,8H2,1-3H3,(H,18,19). The lowest BCUT2D eigenvalue weighted by Crippen LogP contribution is -2.08. The van der Waals surface area contributed by atoms with Crippen LogP contribution in [0.4, 0.5) is 15.8 Å². The third kappa shape index (κ3) is 3.57. The first-order chi connectivity index (χ1) is 9.45. The molecule has 2 N–H and O–H groups in total. The topological polar surface area (TPSA) is 41.1 Å². The smallest absolute Gasteiger partial charge is 0.221 e. The van der Waals surface area contributed by atoms with Crippen LogP contribution in [0.2, 0.25) is 0 Å². The summed E-state index contributed by atoms with van der Waals surface area (Å²) in [5, 5.41) is 5.72. The van der Waals surface area contributed by atoms with Gasteiger partial charge in [0.05, 0.1) is 5.69 Å². The normalized spacial score (nSPS) is 10.4. The summed E-state index contributed by atoms with van der Waals surface area (Å²) in [7, 11) is 0. The van der Waals surface area contributed by atoms with Crippen molar-refractivity contribution in [3.8, 4) is 0 Å². The Bertz CT molecular complexity index is 637. The summed E-state index contributed by atoms with van der Waals surface area (Å²) < 4.78 is 13.5. The molecule has 0 aliphatic heterocycles. The van der Waals surface area contributed by atoms with E-state index in [4.69, 9.17) is 0 Å². The number of hydrogen-bond donors (Lipinski definition) is 2. The quantitative estimate of drug-likeness (QED) is 0.891. The van der Waals surface area contributed by atoms with E-state index in [0.717, 1.165) is 5.69 Å². The maximum atomic E-state index is 13.5. The fourth-order valence-electron chi connectivity index (χ4n) is 1.98. The monoisotopic (exact) mass is 292 g/mol. The van der Waals surface area contributed by atoms with Crippen LogP contribution < -0.4 is 10.6 Å². The van der Waals surface area contributed by atoms with E-state index in [9.17, 15) is 9.18 Å². The molecular formula is C15H17FN2OS. The van der Waals surface area contributed by atoms with Crippen molar-refractivity contribution in [2.45, 2.75) is 27.3 Å². The molecule has 1 aromatic heterocycles. The van der Waals surface area contributed by atoms with Crippen molar-refractivity contribution in [1.82, 2.24) is 0 Å². The Kier molecular flexibility index (Phi) is 4.39. The van der Waals surface area contributed by atoms with Gasteiger partial charge in [0.1, 0.15) is 5.82 Å². The zero-order chi connectivity index (χ0) is 14.7. The van der Waals surface area contributed by atoms with Gasteiger partial charge in [-0.1, -0.05) is 0 Å². The Morgan fingerprint density at radius 1 is 1.30 bits per heavy atom. The molecule has 20 heavy (non-hydrogen) atoms. The lowest BCUT2D eigenvalue weighted by Gasteiger charge is -2.09. The molecule has 1 aromatic carbocycles. The number of aryl methyl sites for hydroxylation is 2. The highest BCUT2D eigenvalue weighted by Crippen LogP contribution is 2.23. The second-order valence-corrected chi connectivity index (χ2v) is 6.13. The third-order valence-corrected chi connectivity index (χ3v) is 3.91. The van der Waals surface area contributed by atoms with Crippen LogP contribution in [0.3, 0.4) is 0 Å². The average Bonchev–Trinajstić information content (AvgIpc) is 2.68. The van der Waals surface area contributed by atoms with E-state index in [1.54, 1.807) is 23.5 Å². The molecule has 0 bridgehead atoms. The molecule has 0 unspecified atom stereocenters. The zero-order valence-corrected chi connectivity index (χ0v) is 12.5. The van der Waals surface area contributed by atoms with Crippen LogP contribution in [0.15, 0.2) is 24.3 Å². The Hall–Kier alpha value is -1.88. The Labute approximate surface area is 121 Å². The summed E-state index contributed by atoms with van der Waals surface area (Å²) in [4.78, 5) is 13.6. The van der Waals surface area contributed by atoms with Gasteiger partial charge >= 0.3 is 0 Å². The molecule has 2 rings (SSSR count). The molecule has 106 valence electrons. The number of halogens is 1. The van der Waals surface area contributed by atoms with Gasteiger partial charge in [-0.05, 0) is 43.7 Å². The summed E-state index contributed by atoms with van der Waals surface area (Å²) in [6.45, 7) is 6.20. The molecule has 0 radical (unpaired) electrons. The fourth-order valence-corrected chi connectivity index (χ4v) is 2.92. The number of nitrogens with one attached hydrogen (secondary N) is 2. The molecule has 0 saturated heterocycles. The molecule has 1 amide bonds. The molecular weight excluding hydrogens is 275 g/mol. The van der Waals surface area contributed by atoms with Gasteiger partial charge in [0.15, 0.2) is 0 Å². The third-order valence-electron chi connectivity index (χ3n) is 2.90. The predicted octanol–water partition coefficient (Wildman–Crippen LogP) is 4.07. The predicted molar refractivity (Wildman–Crippen MR) is 81.8 cm³/mol. The van der Waals surface area contributed by atoms with Crippen molar-refractivity contribution in [3.05, 3.63) is 45.4 Å². The van der Waals surface area contributed by atoms with Crippen LogP contribution in [-0.4, -0.2) is 5.91 Å². The SMILES string of the molecule is CC(=O)Nc1cc(NCc2cc(C)sc2C)ccc1F. The number of amides is 1. The highest BCUT2D eigenvalue weighted by molar-refractivity contribution is 7.12. The van der Waals surface area contributed by atoms with Gasteiger partial charge < -0.3 is 10.6 Å². The van der Waals surface area contributed by atoms with E-state index in [0.29, 0.717) is 6.54 Å². The van der Waals surface area contributed by atoms with Crippen molar-refractivity contribution in [2.24, 2.45) is 0 Å². The summed E-state index contributed by atoms with van der Waals surface area (Å²) in [6.07, 6.45) is 0. The molecule has 3 nitrogen and oxygen atoms in total. The highest BCUT2D eigenvalue weighted by Gasteiger charge is 2.06. The zero-order valence-electron chi connectivity index (χ0n) is 11.7. The number of hydrogen-bond acceptors (Lipinski definition) is 3. The van der Waals surface area contributed by atoms with Gasteiger partial charge in [0.25, 0.3) is 0 Å². The summed E-state index contributed by atoms with van der Waals surface area (Å²) in [5.41, 5.74) is 2.21. The van der Waals surface area contributed by atoms with Gasteiger partial charge in [0, 0.05) is 28.9 Å². The van der Waals surface area contributed by atoms with Crippen molar-refractivity contribution in [3.63, 3.8) is 0 Å². The van der Waals surface area contributed by atoms with Crippen LogP contribution in [0.1, 0.15) is 22.2 Å². The fraction of sp³-hybridized carbons (Fsp3) is 0.267. The Balaban J connectivity index is 2.10. The number of benzene rings is 1. The second-order valence-electron chi connectivity index (χ2n) is 4.67. The first-order valence-electron chi connectivity index (χ1n) is 6.32. The molecule has 0 atom stereocenters. The molecule has 0 aliphatic carbocycles. The minimum Gasteiger partial charge on any atom is -0.381 e. The number of thiophene rings is 1. The Morgan fingerprint density at radius 3 is 2.65 bits per heavy atom. The van der Waals surface area contributed by atoms with Crippen LogP contribution in [0, 0.1) is 19.7 Å². The van der Waals surface area contributed by atoms with Gasteiger partial charge in [-0.15, -0.1) is 11.3 Å². The summed E-state index contributed by atoms with van der Waals surface area (Å²) in [6, 6.07) is 6.76. The van der Waals surface area contributed by atoms with Crippen LogP contribution >= 0.6 is 11.3 Å².